The van der Waals surface area contributed by atoms with E-state index in [0.29, 0.717) is 25.8 Å². The zero-order valence-electron chi connectivity index (χ0n) is 15.2. The number of hydrogen-bond donors (Lipinski definition) is 2. The van der Waals surface area contributed by atoms with Crippen molar-refractivity contribution in [2.45, 2.75) is 31.9 Å². The van der Waals surface area contributed by atoms with E-state index in [9.17, 15) is 22.8 Å². The minimum Gasteiger partial charge on any atom is -0.356 e. The van der Waals surface area contributed by atoms with Crippen LogP contribution in [-0.4, -0.2) is 18.4 Å². The summed E-state index contributed by atoms with van der Waals surface area (Å²) in [7, 11) is 0. The highest BCUT2D eigenvalue weighted by molar-refractivity contribution is 5.96. The molecular formula is C21H21F3N2O2. The summed E-state index contributed by atoms with van der Waals surface area (Å²) in [5.41, 5.74) is 1.92. The van der Waals surface area contributed by atoms with Crippen LogP contribution in [0.2, 0.25) is 0 Å². The van der Waals surface area contributed by atoms with E-state index in [1.54, 1.807) is 0 Å². The van der Waals surface area contributed by atoms with Crippen molar-refractivity contribution in [2.75, 3.05) is 11.9 Å². The van der Waals surface area contributed by atoms with Gasteiger partial charge in [-0.25, -0.2) is 0 Å². The molecule has 1 aliphatic heterocycles. The van der Waals surface area contributed by atoms with Gasteiger partial charge in [-0.1, -0.05) is 30.3 Å². The molecule has 0 spiro atoms. The summed E-state index contributed by atoms with van der Waals surface area (Å²) >= 11 is 0. The number of carbonyl (C=O) groups is 2. The summed E-state index contributed by atoms with van der Waals surface area (Å²) in [5, 5.41) is 5.62. The summed E-state index contributed by atoms with van der Waals surface area (Å²) in [5.74, 6) is -0.481. The number of rotatable bonds is 6. The average Bonchev–Trinajstić information content (AvgIpc) is 2.66. The number of halogens is 3. The van der Waals surface area contributed by atoms with Crippen LogP contribution in [0.15, 0.2) is 48.5 Å². The molecule has 0 saturated carbocycles. The zero-order chi connectivity index (χ0) is 20.1. The van der Waals surface area contributed by atoms with Gasteiger partial charge in [-0.3, -0.25) is 9.59 Å². The molecule has 0 aliphatic carbocycles. The smallest absolute Gasteiger partial charge is 0.356 e. The van der Waals surface area contributed by atoms with Crippen LogP contribution < -0.4 is 10.6 Å². The molecule has 1 heterocycles. The Kier molecular flexibility index (Phi) is 6.02. The highest BCUT2D eigenvalue weighted by Gasteiger charge is 2.30. The molecule has 2 aromatic rings. The fourth-order valence-corrected chi connectivity index (χ4v) is 3.25. The van der Waals surface area contributed by atoms with E-state index in [4.69, 9.17) is 0 Å². The molecule has 3 rings (SSSR count). The van der Waals surface area contributed by atoms with Crippen LogP contribution in [0, 0.1) is 5.92 Å². The van der Waals surface area contributed by atoms with E-state index in [1.165, 1.54) is 12.1 Å². The number of amides is 2. The average molecular weight is 390 g/mol. The normalized spacial score (nSPS) is 16.2. The molecule has 0 radical (unpaired) electrons. The maximum Gasteiger partial charge on any atom is 0.416 e. The zero-order valence-corrected chi connectivity index (χ0v) is 15.2. The van der Waals surface area contributed by atoms with Crippen molar-refractivity contribution >= 4 is 17.5 Å². The minimum absolute atomic E-state index is 0.0729. The second kappa shape index (κ2) is 8.46. The SMILES string of the molecule is O=C(CC[C@@H]1Cc2ccccc2NC1=O)NCCc1ccc(C(F)(F)F)cc1. The quantitative estimate of drug-likeness (QED) is 0.785. The Morgan fingerprint density at radius 3 is 2.54 bits per heavy atom. The van der Waals surface area contributed by atoms with E-state index in [1.807, 2.05) is 24.3 Å². The standard InChI is InChI=1S/C21H21F3N2O2/c22-21(23,24)17-8-5-14(6-9-17)11-12-25-19(27)10-7-16-13-15-3-1-2-4-18(15)26-20(16)28/h1-6,8-9,16H,7,10-13H2,(H,25,27)(H,26,28)/t16-/m1/s1. The number of benzene rings is 2. The molecule has 0 saturated heterocycles. The second-order valence-electron chi connectivity index (χ2n) is 6.88. The third-order valence-electron chi connectivity index (χ3n) is 4.85. The fourth-order valence-electron chi connectivity index (χ4n) is 3.25. The molecule has 1 atom stereocenters. The molecular weight excluding hydrogens is 369 g/mol. The summed E-state index contributed by atoms with van der Waals surface area (Å²) in [4.78, 5) is 24.2. The number of hydrogen-bond acceptors (Lipinski definition) is 2. The van der Waals surface area contributed by atoms with Crippen LogP contribution >= 0.6 is 0 Å². The van der Waals surface area contributed by atoms with Crippen molar-refractivity contribution in [1.82, 2.24) is 5.32 Å². The molecule has 4 nitrogen and oxygen atoms in total. The van der Waals surface area contributed by atoms with Gasteiger partial charge in [-0.05, 0) is 48.6 Å². The summed E-state index contributed by atoms with van der Waals surface area (Å²) < 4.78 is 37.6. The third-order valence-corrected chi connectivity index (χ3v) is 4.85. The summed E-state index contributed by atoms with van der Waals surface area (Å²) in [6, 6.07) is 12.5. The second-order valence-corrected chi connectivity index (χ2v) is 6.88. The van der Waals surface area contributed by atoms with Gasteiger partial charge in [-0.2, -0.15) is 13.2 Å². The highest BCUT2D eigenvalue weighted by Crippen LogP contribution is 2.29. The summed E-state index contributed by atoms with van der Waals surface area (Å²) in [6.07, 6.45) is -2.61. The molecule has 7 heteroatoms. The molecule has 148 valence electrons. The maximum atomic E-state index is 12.5. The molecule has 0 aromatic heterocycles. The van der Waals surface area contributed by atoms with Crippen LogP contribution in [0.4, 0.5) is 18.9 Å². The Balaban J connectivity index is 1.41. The predicted octanol–water partition coefficient (Wildman–Crippen LogP) is 3.96. The molecule has 0 bridgehead atoms. The van der Waals surface area contributed by atoms with Crippen molar-refractivity contribution in [3.8, 4) is 0 Å². The molecule has 28 heavy (non-hydrogen) atoms. The van der Waals surface area contributed by atoms with Gasteiger partial charge in [0.1, 0.15) is 0 Å². The Bertz CT molecular complexity index is 847. The number of para-hydroxylation sites is 1. The van der Waals surface area contributed by atoms with Crippen molar-refractivity contribution < 1.29 is 22.8 Å². The molecule has 0 unspecified atom stereocenters. The lowest BCUT2D eigenvalue weighted by molar-refractivity contribution is -0.137. The van der Waals surface area contributed by atoms with Crippen LogP contribution in [0.5, 0.6) is 0 Å². The van der Waals surface area contributed by atoms with E-state index in [2.05, 4.69) is 10.6 Å². The molecule has 2 amide bonds. The van der Waals surface area contributed by atoms with Gasteiger partial charge in [0, 0.05) is 24.6 Å². The number of carbonyl (C=O) groups excluding carboxylic acids is 2. The topological polar surface area (TPSA) is 58.2 Å². The summed E-state index contributed by atoms with van der Waals surface area (Å²) in [6.45, 7) is 0.337. The Morgan fingerprint density at radius 1 is 1.11 bits per heavy atom. The monoisotopic (exact) mass is 390 g/mol. The third kappa shape index (κ3) is 5.12. The Morgan fingerprint density at radius 2 is 1.82 bits per heavy atom. The number of alkyl halides is 3. The lowest BCUT2D eigenvalue weighted by Gasteiger charge is -2.24. The van der Waals surface area contributed by atoms with E-state index in [0.717, 1.165) is 28.9 Å². The molecule has 2 aromatic carbocycles. The molecule has 2 N–H and O–H groups in total. The number of fused-ring (bicyclic) bond motifs is 1. The van der Waals surface area contributed by atoms with Crippen molar-refractivity contribution in [2.24, 2.45) is 5.92 Å². The Labute approximate surface area is 161 Å². The van der Waals surface area contributed by atoms with Gasteiger partial charge in [0.15, 0.2) is 0 Å². The van der Waals surface area contributed by atoms with Gasteiger partial charge in [0.2, 0.25) is 11.8 Å². The van der Waals surface area contributed by atoms with Gasteiger partial charge in [-0.15, -0.1) is 0 Å². The van der Waals surface area contributed by atoms with Gasteiger partial charge in [0.25, 0.3) is 0 Å². The van der Waals surface area contributed by atoms with Gasteiger partial charge in [0.05, 0.1) is 5.56 Å². The predicted molar refractivity (Wildman–Crippen MR) is 99.7 cm³/mol. The van der Waals surface area contributed by atoms with Crippen LogP contribution in [0.25, 0.3) is 0 Å². The van der Waals surface area contributed by atoms with E-state index < -0.39 is 11.7 Å². The first-order chi connectivity index (χ1) is 13.3. The Hall–Kier alpha value is -2.83. The van der Waals surface area contributed by atoms with E-state index in [-0.39, 0.29) is 24.2 Å². The minimum atomic E-state index is -4.35. The van der Waals surface area contributed by atoms with Crippen LogP contribution in [-0.2, 0) is 28.6 Å². The lowest BCUT2D eigenvalue weighted by Crippen LogP contribution is -2.32. The lowest BCUT2D eigenvalue weighted by atomic mass is 9.89. The van der Waals surface area contributed by atoms with Gasteiger partial charge < -0.3 is 10.6 Å². The van der Waals surface area contributed by atoms with Crippen LogP contribution in [0.3, 0.4) is 0 Å². The molecule has 0 fully saturated rings. The maximum absolute atomic E-state index is 12.5. The van der Waals surface area contributed by atoms with Gasteiger partial charge >= 0.3 is 6.18 Å². The fraction of sp³-hybridized carbons (Fsp3) is 0.333. The number of anilines is 1. The highest BCUT2D eigenvalue weighted by atomic mass is 19.4. The first-order valence-electron chi connectivity index (χ1n) is 9.14. The van der Waals surface area contributed by atoms with Crippen molar-refractivity contribution in [3.63, 3.8) is 0 Å². The van der Waals surface area contributed by atoms with E-state index >= 15 is 0 Å². The van der Waals surface area contributed by atoms with Crippen molar-refractivity contribution in [3.05, 3.63) is 65.2 Å². The first kappa shape index (κ1) is 19.9. The number of nitrogens with one attached hydrogen (secondary N) is 2. The largest absolute Gasteiger partial charge is 0.416 e. The first-order valence-corrected chi connectivity index (χ1v) is 9.14. The van der Waals surface area contributed by atoms with Crippen molar-refractivity contribution in [1.29, 1.82) is 0 Å². The van der Waals surface area contributed by atoms with Crippen LogP contribution in [0.1, 0.15) is 29.5 Å². The molecule has 1 aliphatic rings.